The molecule has 0 atom stereocenters. The van der Waals surface area contributed by atoms with Crippen molar-refractivity contribution in [3.05, 3.63) is 90.2 Å². The minimum atomic E-state index is -3.89. The minimum absolute atomic E-state index is 0.0915. The van der Waals surface area contributed by atoms with E-state index in [0.717, 1.165) is 12.1 Å². The van der Waals surface area contributed by atoms with Crippen molar-refractivity contribution in [1.82, 2.24) is 4.98 Å². The highest BCUT2D eigenvalue weighted by molar-refractivity contribution is 7.89. The molecule has 0 saturated heterocycles. The molecule has 0 unspecified atom stereocenters. The number of methoxy groups -OCH3 is 1. The van der Waals surface area contributed by atoms with E-state index in [1.54, 1.807) is 30.3 Å². The third-order valence-electron chi connectivity index (χ3n) is 5.63. The topological polar surface area (TPSA) is 95.4 Å². The molecule has 4 aromatic carbocycles. The molecule has 10 heteroatoms. The summed E-state index contributed by atoms with van der Waals surface area (Å²) in [6.07, 6.45) is 0. The van der Waals surface area contributed by atoms with Gasteiger partial charge in [0.25, 0.3) is 0 Å². The molecule has 0 aliphatic heterocycles. The number of sulfonamides is 1. The van der Waals surface area contributed by atoms with Crippen molar-refractivity contribution in [1.29, 1.82) is 0 Å². The van der Waals surface area contributed by atoms with E-state index in [4.69, 9.17) is 14.3 Å². The molecule has 0 radical (unpaired) electrons. The van der Waals surface area contributed by atoms with Crippen molar-refractivity contribution >= 4 is 21.1 Å². The lowest BCUT2D eigenvalue weighted by Crippen LogP contribution is -2.11. The van der Waals surface area contributed by atoms with E-state index >= 15 is 0 Å². The maximum Gasteiger partial charge on any atom is 0.238 e. The van der Waals surface area contributed by atoms with Crippen LogP contribution in [0.15, 0.2) is 82.1 Å². The fraction of sp³-hybridized carbons (Fsp3) is 0.0385. The first-order chi connectivity index (χ1) is 17.1. The largest absolute Gasteiger partial charge is 0.496 e. The molecule has 2 N–H and O–H groups in total. The Morgan fingerprint density at radius 1 is 0.806 bits per heavy atom. The van der Waals surface area contributed by atoms with Gasteiger partial charge in [-0.2, -0.15) is 0 Å². The number of primary sulfonamides is 1. The highest BCUT2D eigenvalue weighted by Gasteiger charge is 2.17. The second kappa shape index (κ2) is 8.81. The van der Waals surface area contributed by atoms with E-state index in [9.17, 15) is 21.6 Å². The van der Waals surface area contributed by atoms with Gasteiger partial charge in [-0.3, -0.25) is 0 Å². The summed E-state index contributed by atoms with van der Waals surface area (Å²) in [6.45, 7) is 0. The van der Waals surface area contributed by atoms with Crippen molar-refractivity contribution in [2.24, 2.45) is 5.14 Å². The number of oxazole rings is 1. The van der Waals surface area contributed by atoms with E-state index < -0.39 is 27.5 Å². The summed E-state index contributed by atoms with van der Waals surface area (Å²) >= 11 is 0. The molecule has 0 aliphatic rings. The van der Waals surface area contributed by atoms with Gasteiger partial charge in [0.1, 0.15) is 17.1 Å². The number of ether oxygens (including phenoxy) is 1. The molecule has 0 bridgehead atoms. The molecule has 1 heterocycles. The van der Waals surface area contributed by atoms with Crippen LogP contribution in [0.4, 0.5) is 13.2 Å². The van der Waals surface area contributed by atoms with Crippen LogP contribution in [0.2, 0.25) is 0 Å². The SMILES string of the molecule is COc1cc(F)c(-c2ccc(S(N)(=O)=O)cc2)cc1-c1cccc(-c2nc3cc(F)c(F)cc3o2)c1. The Hall–Kier alpha value is -4.15. The van der Waals surface area contributed by atoms with E-state index in [-0.39, 0.29) is 33.2 Å². The summed E-state index contributed by atoms with van der Waals surface area (Å²) in [5.41, 5.74) is 2.60. The number of hydrogen-bond donors (Lipinski definition) is 1. The van der Waals surface area contributed by atoms with Gasteiger partial charge in [-0.1, -0.05) is 24.3 Å². The zero-order valence-corrected chi connectivity index (χ0v) is 19.4. The smallest absolute Gasteiger partial charge is 0.238 e. The fourth-order valence-corrected chi connectivity index (χ4v) is 4.38. The predicted octanol–water partition coefficient (Wildman–Crippen LogP) is 5.90. The van der Waals surface area contributed by atoms with Gasteiger partial charge in [-0.05, 0) is 41.5 Å². The van der Waals surface area contributed by atoms with Gasteiger partial charge >= 0.3 is 0 Å². The van der Waals surface area contributed by atoms with Crippen molar-refractivity contribution in [2.75, 3.05) is 7.11 Å². The predicted molar refractivity (Wildman–Crippen MR) is 128 cm³/mol. The zero-order chi connectivity index (χ0) is 25.6. The Morgan fingerprint density at radius 2 is 1.50 bits per heavy atom. The Bertz CT molecular complexity index is 1690. The maximum atomic E-state index is 15.0. The number of aromatic nitrogens is 1. The monoisotopic (exact) mass is 510 g/mol. The van der Waals surface area contributed by atoms with E-state index in [2.05, 4.69) is 4.98 Å². The van der Waals surface area contributed by atoms with Gasteiger partial charge in [0.05, 0.1) is 12.0 Å². The number of nitrogens with zero attached hydrogens (tertiary/aromatic N) is 1. The van der Waals surface area contributed by atoms with Gasteiger partial charge in [0.15, 0.2) is 17.2 Å². The quantitative estimate of drug-likeness (QED) is 0.318. The van der Waals surface area contributed by atoms with Crippen LogP contribution in [0.25, 0.3) is 44.8 Å². The Morgan fingerprint density at radius 3 is 2.19 bits per heavy atom. The lowest BCUT2D eigenvalue weighted by atomic mass is 9.96. The summed E-state index contributed by atoms with van der Waals surface area (Å²) in [6, 6.07) is 17.2. The standard InChI is InChI=1S/C26H17F3N2O4S/c1-34-24-12-20(27)18(14-5-7-17(8-6-14)36(30,32)33)10-19(24)15-3-2-4-16(9-15)26-31-23-11-21(28)22(29)13-25(23)35-26/h2-13H,1H3,(H2,30,32,33). The molecule has 0 amide bonds. The van der Waals surface area contributed by atoms with Crippen molar-refractivity contribution < 1.29 is 30.7 Å². The van der Waals surface area contributed by atoms with Crippen molar-refractivity contribution in [2.45, 2.75) is 4.90 Å². The van der Waals surface area contributed by atoms with Crippen LogP contribution in [0.5, 0.6) is 5.75 Å². The van der Waals surface area contributed by atoms with Gasteiger partial charge in [-0.25, -0.2) is 31.7 Å². The number of nitrogens with two attached hydrogens (primary N) is 1. The molecule has 5 rings (SSSR count). The third-order valence-corrected chi connectivity index (χ3v) is 6.56. The second-order valence-corrected chi connectivity index (χ2v) is 9.50. The third kappa shape index (κ3) is 4.32. The van der Waals surface area contributed by atoms with Crippen LogP contribution in [0.3, 0.4) is 0 Å². The summed E-state index contributed by atoms with van der Waals surface area (Å²) < 4.78 is 76.2. The van der Waals surface area contributed by atoms with E-state index in [1.807, 2.05) is 0 Å². The number of rotatable bonds is 5. The molecular formula is C26H17F3N2O4S. The average molecular weight is 510 g/mol. The molecule has 0 saturated carbocycles. The van der Waals surface area contributed by atoms with Crippen molar-refractivity contribution in [3.63, 3.8) is 0 Å². The van der Waals surface area contributed by atoms with Gasteiger partial charge in [0, 0.05) is 34.9 Å². The molecule has 0 fully saturated rings. The lowest BCUT2D eigenvalue weighted by molar-refractivity contribution is 0.413. The molecule has 36 heavy (non-hydrogen) atoms. The number of benzene rings is 4. The van der Waals surface area contributed by atoms with Crippen LogP contribution in [-0.2, 0) is 10.0 Å². The van der Waals surface area contributed by atoms with Gasteiger partial charge in [0.2, 0.25) is 15.9 Å². The molecule has 0 spiro atoms. The van der Waals surface area contributed by atoms with E-state index in [0.29, 0.717) is 22.3 Å². The molecule has 5 aromatic rings. The fourth-order valence-electron chi connectivity index (χ4n) is 3.86. The molecule has 1 aromatic heterocycles. The highest BCUT2D eigenvalue weighted by Crippen LogP contribution is 2.38. The summed E-state index contributed by atoms with van der Waals surface area (Å²) in [5.74, 6) is -2.23. The Labute approximate surface area is 203 Å². The van der Waals surface area contributed by atoms with Crippen molar-refractivity contribution in [3.8, 4) is 39.5 Å². The average Bonchev–Trinajstić information content (AvgIpc) is 3.26. The lowest BCUT2D eigenvalue weighted by Gasteiger charge is -2.13. The summed E-state index contributed by atoms with van der Waals surface area (Å²) in [7, 11) is -2.48. The maximum absolute atomic E-state index is 15.0. The minimum Gasteiger partial charge on any atom is -0.496 e. The Balaban J connectivity index is 1.60. The molecule has 0 aliphatic carbocycles. The number of fused-ring (bicyclic) bond motifs is 1. The van der Waals surface area contributed by atoms with Crippen LogP contribution < -0.4 is 9.88 Å². The Kier molecular flexibility index (Phi) is 5.77. The highest BCUT2D eigenvalue weighted by atomic mass is 32.2. The first kappa shape index (κ1) is 23.6. The number of halogens is 3. The normalized spacial score (nSPS) is 11.7. The van der Waals surface area contributed by atoms with Gasteiger partial charge < -0.3 is 9.15 Å². The first-order valence-corrected chi connectivity index (χ1v) is 12.1. The summed E-state index contributed by atoms with van der Waals surface area (Å²) in [5, 5.41) is 5.15. The van der Waals surface area contributed by atoms with Crippen LogP contribution in [-0.4, -0.2) is 20.5 Å². The first-order valence-electron chi connectivity index (χ1n) is 10.5. The van der Waals surface area contributed by atoms with Gasteiger partial charge in [-0.15, -0.1) is 0 Å². The summed E-state index contributed by atoms with van der Waals surface area (Å²) in [4.78, 5) is 4.15. The molecule has 6 nitrogen and oxygen atoms in total. The second-order valence-electron chi connectivity index (χ2n) is 7.94. The zero-order valence-electron chi connectivity index (χ0n) is 18.6. The van der Waals surface area contributed by atoms with E-state index in [1.165, 1.54) is 37.4 Å². The molecular weight excluding hydrogens is 493 g/mol. The van der Waals surface area contributed by atoms with Crippen LogP contribution >= 0.6 is 0 Å². The van der Waals surface area contributed by atoms with Crippen LogP contribution in [0.1, 0.15) is 0 Å². The molecule has 182 valence electrons. The van der Waals surface area contributed by atoms with Crippen LogP contribution in [0, 0.1) is 17.5 Å². The number of hydrogen-bond acceptors (Lipinski definition) is 5.